The zero-order chi connectivity index (χ0) is 14.5. The van der Waals surface area contributed by atoms with E-state index in [-0.39, 0.29) is 6.54 Å². The SMILES string of the molecule is CC(C)CCC(C)(O)CNS(=O)(=O)N1CCCCC1. The van der Waals surface area contributed by atoms with Crippen LogP contribution in [0.2, 0.25) is 0 Å². The van der Waals surface area contributed by atoms with Gasteiger partial charge in [0.1, 0.15) is 0 Å². The fraction of sp³-hybridized carbons (Fsp3) is 1.00. The summed E-state index contributed by atoms with van der Waals surface area (Å²) >= 11 is 0. The maximum atomic E-state index is 12.1. The van der Waals surface area contributed by atoms with E-state index in [0.717, 1.165) is 25.7 Å². The Hall–Kier alpha value is -0.170. The lowest BCUT2D eigenvalue weighted by molar-refractivity contribution is 0.0501. The molecule has 2 N–H and O–H groups in total. The maximum Gasteiger partial charge on any atom is 0.279 e. The summed E-state index contributed by atoms with van der Waals surface area (Å²) in [5, 5.41) is 10.2. The molecule has 1 unspecified atom stereocenters. The molecule has 1 saturated heterocycles. The van der Waals surface area contributed by atoms with Crippen molar-refractivity contribution in [1.29, 1.82) is 0 Å². The van der Waals surface area contributed by atoms with Gasteiger partial charge in [0.25, 0.3) is 10.2 Å². The van der Waals surface area contributed by atoms with E-state index in [2.05, 4.69) is 18.6 Å². The van der Waals surface area contributed by atoms with Crippen molar-refractivity contribution in [2.75, 3.05) is 19.6 Å². The topological polar surface area (TPSA) is 69.6 Å². The maximum absolute atomic E-state index is 12.1. The molecule has 0 aromatic carbocycles. The van der Waals surface area contributed by atoms with Crippen LogP contribution in [0.4, 0.5) is 0 Å². The van der Waals surface area contributed by atoms with E-state index in [9.17, 15) is 13.5 Å². The van der Waals surface area contributed by atoms with Gasteiger partial charge in [-0.1, -0.05) is 20.3 Å². The normalized spacial score (nSPS) is 21.5. The number of hydrogen-bond acceptors (Lipinski definition) is 3. The summed E-state index contributed by atoms with van der Waals surface area (Å²) in [5.41, 5.74) is -0.979. The van der Waals surface area contributed by atoms with Gasteiger partial charge in [-0.25, -0.2) is 0 Å². The van der Waals surface area contributed by atoms with Crippen molar-refractivity contribution in [1.82, 2.24) is 9.03 Å². The quantitative estimate of drug-likeness (QED) is 0.747. The van der Waals surface area contributed by atoms with Crippen molar-refractivity contribution >= 4 is 10.2 Å². The van der Waals surface area contributed by atoms with Crippen molar-refractivity contribution in [3.05, 3.63) is 0 Å². The second kappa shape index (κ2) is 7.02. The Morgan fingerprint density at radius 3 is 2.37 bits per heavy atom. The highest BCUT2D eigenvalue weighted by Crippen LogP contribution is 2.17. The third-order valence-electron chi connectivity index (χ3n) is 3.55. The van der Waals surface area contributed by atoms with Crippen LogP contribution < -0.4 is 4.72 Å². The monoisotopic (exact) mass is 292 g/mol. The third-order valence-corrected chi connectivity index (χ3v) is 5.10. The Balaban J connectivity index is 2.45. The summed E-state index contributed by atoms with van der Waals surface area (Å²) in [7, 11) is -3.43. The van der Waals surface area contributed by atoms with Crippen LogP contribution in [-0.4, -0.2) is 43.1 Å². The minimum atomic E-state index is -3.43. The lowest BCUT2D eigenvalue weighted by Gasteiger charge is -2.29. The van der Waals surface area contributed by atoms with Crippen molar-refractivity contribution in [2.24, 2.45) is 5.92 Å². The summed E-state index contributed by atoms with van der Waals surface area (Å²) in [5.74, 6) is 0.505. The first-order chi connectivity index (χ1) is 8.73. The largest absolute Gasteiger partial charge is 0.389 e. The number of nitrogens with zero attached hydrogens (tertiary/aromatic N) is 1. The Morgan fingerprint density at radius 2 is 1.84 bits per heavy atom. The fourth-order valence-corrected chi connectivity index (χ4v) is 3.55. The Labute approximate surface area is 117 Å². The molecule has 114 valence electrons. The van der Waals surface area contributed by atoms with Gasteiger partial charge in [0, 0.05) is 19.6 Å². The molecule has 19 heavy (non-hydrogen) atoms. The first kappa shape index (κ1) is 16.9. The molecule has 0 spiro atoms. The first-order valence-electron chi connectivity index (χ1n) is 7.20. The van der Waals surface area contributed by atoms with Gasteiger partial charge < -0.3 is 5.11 Å². The second-order valence-electron chi connectivity index (χ2n) is 6.22. The van der Waals surface area contributed by atoms with E-state index in [1.54, 1.807) is 6.92 Å². The number of rotatable bonds is 7. The number of nitrogens with one attached hydrogen (secondary N) is 1. The molecule has 0 radical (unpaired) electrons. The van der Waals surface area contributed by atoms with E-state index in [1.165, 1.54) is 4.31 Å². The minimum Gasteiger partial charge on any atom is -0.389 e. The van der Waals surface area contributed by atoms with Crippen LogP contribution in [0.5, 0.6) is 0 Å². The Kier molecular flexibility index (Phi) is 6.23. The third kappa shape index (κ3) is 6.21. The van der Waals surface area contributed by atoms with Gasteiger partial charge in [-0.3, -0.25) is 0 Å². The van der Waals surface area contributed by atoms with Crippen LogP contribution >= 0.6 is 0 Å². The second-order valence-corrected chi connectivity index (χ2v) is 7.97. The molecule has 1 aliphatic heterocycles. The molecule has 6 heteroatoms. The molecule has 1 fully saturated rings. The van der Waals surface area contributed by atoms with Gasteiger partial charge in [0.15, 0.2) is 0 Å². The summed E-state index contributed by atoms with van der Waals surface area (Å²) in [6, 6.07) is 0. The zero-order valence-electron chi connectivity index (χ0n) is 12.4. The van der Waals surface area contributed by atoms with Gasteiger partial charge in [0.2, 0.25) is 0 Å². The van der Waals surface area contributed by atoms with Gasteiger partial charge in [-0.05, 0) is 38.5 Å². The highest BCUT2D eigenvalue weighted by molar-refractivity contribution is 7.87. The van der Waals surface area contributed by atoms with E-state index in [1.807, 2.05) is 0 Å². The molecule has 5 nitrogen and oxygen atoms in total. The fourth-order valence-electron chi connectivity index (χ4n) is 2.13. The Bertz CT molecular complexity index is 360. The molecular weight excluding hydrogens is 264 g/mol. The van der Waals surface area contributed by atoms with Crippen LogP contribution in [0.1, 0.15) is 52.9 Å². The average molecular weight is 292 g/mol. The Morgan fingerprint density at radius 1 is 1.26 bits per heavy atom. The summed E-state index contributed by atoms with van der Waals surface area (Å²) in [6.07, 6.45) is 4.43. The van der Waals surface area contributed by atoms with E-state index >= 15 is 0 Å². The smallest absolute Gasteiger partial charge is 0.279 e. The van der Waals surface area contributed by atoms with Crippen LogP contribution in [-0.2, 0) is 10.2 Å². The molecule has 1 rings (SSSR count). The molecule has 0 aliphatic carbocycles. The molecule has 0 aromatic heterocycles. The van der Waals surface area contributed by atoms with Crippen LogP contribution in [0, 0.1) is 5.92 Å². The predicted octanol–water partition coefficient (Wildman–Crippen LogP) is 1.49. The molecular formula is C13H28N2O3S. The van der Waals surface area contributed by atoms with Gasteiger partial charge in [-0.2, -0.15) is 17.4 Å². The van der Waals surface area contributed by atoms with Crippen LogP contribution in [0.25, 0.3) is 0 Å². The zero-order valence-corrected chi connectivity index (χ0v) is 13.2. The molecule has 1 atom stereocenters. The van der Waals surface area contributed by atoms with Crippen molar-refractivity contribution in [3.63, 3.8) is 0 Å². The minimum absolute atomic E-state index is 0.0819. The summed E-state index contributed by atoms with van der Waals surface area (Å²) < 4.78 is 28.2. The van der Waals surface area contributed by atoms with E-state index < -0.39 is 15.8 Å². The van der Waals surface area contributed by atoms with Crippen molar-refractivity contribution in [3.8, 4) is 0 Å². The van der Waals surface area contributed by atoms with Crippen molar-refractivity contribution in [2.45, 2.75) is 58.5 Å². The van der Waals surface area contributed by atoms with E-state index in [4.69, 9.17) is 0 Å². The number of hydrogen-bond donors (Lipinski definition) is 2. The molecule has 0 bridgehead atoms. The van der Waals surface area contributed by atoms with Gasteiger partial charge in [-0.15, -0.1) is 0 Å². The van der Waals surface area contributed by atoms with Gasteiger partial charge >= 0.3 is 0 Å². The molecule has 0 amide bonds. The molecule has 0 saturated carbocycles. The number of piperidine rings is 1. The van der Waals surface area contributed by atoms with Crippen molar-refractivity contribution < 1.29 is 13.5 Å². The molecule has 1 aliphatic rings. The highest BCUT2D eigenvalue weighted by Gasteiger charge is 2.27. The first-order valence-corrected chi connectivity index (χ1v) is 8.64. The average Bonchev–Trinajstić information content (AvgIpc) is 2.36. The van der Waals surface area contributed by atoms with Crippen LogP contribution in [0.3, 0.4) is 0 Å². The molecule has 0 aromatic rings. The lowest BCUT2D eigenvalue weighted by Crippen LogP contribution is -2.48. The van der Waals surface area contributed by atoms with E-state index in [0.29, 0.717) is 25.4 Å². The van der Waals surface area contributed by atoms with Gasteiger partial charge in [0.05, 0.1) is 5.60 Å². The predicted molar refractivity (Wildman–Crippen MR) is 77.0 cm³/mol. The number of aliphatic hydroxyl groups is 1. The summed E-state index contributed by atoms with van der Waals surface area (Å²) in [4.78, 5) is 0. The van der Waals surface area contributed by atoms with Crippen LogP contribution in [0.15, 0.2) is 0 Å². The highest BCUT2D eigenvalue weighted by atomic mass is 32.2. The lowest BCUT2D eigenvalue weighted by atomic mass is 9.96. The standard InChI is InChI=1S/C13H28N2O3S/c1-12(2)7-8-13(3,16)11-14-19(17,18)15-9-5-4-6-10-15/h12,14,16H,4-11H2,1-3H3. The molecule has 1 heterocycles. The summed E-state index contributed by atoms with van der Waals surface area (Å²) in [6.45, 7) is 7.13.